The van der Waals surface area contributed by atoms with Gasteiger partial charge < -0.3 is 5.73 Å². The van der Waals surface area contributed by atoms with Crippen molar-refractivity contribution in [2.45, 2.75) is 0 Å². The van der Waals surface area contributed by atoms with Crippen molar-refractivity contribution in [2.24, 2.45) is 0 Å². The molecule has 1 nitrogen and oxygen atoms in total. The van der Waals surface area contributed by atoms with Crippen molar-refractivity contribution >= 4 is 16.5 Å². The summed E-state index contributed by atoms with van der Waals surface area (Å²) in [7, 11) is 0. The molecule has 2 rings (SSSR count). The number of nitrogen functional groups attached to an aromatic ring is 1. The van der Waals surface area contributed by atoms with Gasteiger partial charge in [-0.15, -0.1) is 0 Å². The zero-order valence-corrected chi connectivity index (χ0v) is 7.02. The molecule has 0 heterocycles. The molecule has 0 bridgehead atoms. The first kappa shape index (κ1) is 8.87. The number of benzene rings is 2. The van der Waals surface area contributed by atoms with E-state index < -0.39 is 22.8 Å². The molecule has 2 aromatic rings. The quantitative estimate of drug-likeness (QED) is 0.645. The maximum atomic E-state index is 13.2. The third-order valence-corrected chi connectivity index (χ3v) is 2.05. The Morgan fingerprint density at radius 1 is 0.857 bits per heavy atom. The normalized spacial score (nSPS) is 10.8. The van der Waals surface area contributed by atoms with Crippen LogP contribution in [0.2, 0.25) is 0 Å². The standard InChI is InChI=1S/C10H6F3N/c11-6-3-4-8(14)5-1-2-7(12)10(13)9(5)6/h1-4H,14H2. The molecular weight excluding hydrogens is 191 g/mol. The van der Waals surface area contributed by atoms with Gasteiger partial charge in [-0.2, -0.15) is 0 Å². The lowest BCUT2D eigenvalue weighted by Gasteiger charge is -2.04. The van der Waals surface area contributed by atoms with E-state index in [0.29, 0.717) is 0 Å². The van der Waals surface area contributed by atoms with Crippen LogP contribution >= 0.6 is 0 Å². The van der Waals surface area contributed by atoms with E-state index in [0.717, 1.165) is 12.1 Å². The van der Waals surface area contributed by atoms with Crippen molar-refractivity contribution in [3.8, 4) is 0 Å². The minimum absolute atomic E-state index is 0.184. The van der Waals surface area contributed by atoms with Gasteiger partial charge in [0.2, 0.25) is 0 Å². The molecular formula is C10H6F3N. The summed E-state index contributed by atoms with van der Waals surface area (Å²) >= 11 is 0. The van der Waals surface area contributed by atoms with Crippen molar-refractivity contribution in [3.05, 3.63) is 41.7 Å². The number of rotatable bonds is 0. The fraction of sp³-hybridized carbons (Fsp3) is 0. The van der Waals surface area contributed by atoms with Gasteiger partial charge >= 0.3 is 0 Å². The van der Waals surface area contributed by atoms with Crippen LogP contribution in [0.4, 0.5) is 18.9 Å². The van der Waals surface area contributed by atoms with Crippen LogP contribution in [0.5, 0.6) is 0 Å². The lowest BCUT2D eigenvalue weighted by Crippen LogP contribution is -1.94. The Morgan fingerprint density at radius 3 is 2.21 bits per heavy atom. The van der Waals surface area contributed by atoms with Crippen molar-refractivity contribution in [2.75, 3.05) is 5.73 Å². The lowest BCUT2D eigenvalue weighted by molar-refractivity contribution is 0.512. The van der Waals surface area contributed by atoms with Gasteiger partial charge in [0.25, 0.3) is 0 Å². The molecule has 0 aromatic heterocycles. The number of hydrogen-bond acceptors (Lipinski definition) is 1. The molecule has 0 spiro atoms. The predicted octanol–water partition coefficient (Wildman–Crippen LogP) is 2.84. The second kappa shape index (κ2) is 2.90. The first-order valence-corrected chi connectivity index (χ1v) is 3.93. The van der Waals surface area contributed by atoms with Crippen LogP contribution in [0.15, 0.2) is 24.3 Å². The summed E-state index contributed by atoms with van der Waals surface area (Å²) in [5, 5.41) is -0.214. The molecule has 0 atom stereocenters. The van der Waals surface area contributed by atoms with Gasteiger partial charge in [-0.05, 0) is 24.3 Å². The molecule has 72 valence electrons. The minimum Gasteiger partial charge on any atom is -0.398 e. The molecule has 0 saturated carbocycles. The smallest absolute Gasteiger partial charge is 0.169 e. The Labute approximate surface area is 77.9 Å². The molecule has 2 N–H and O–H groups in total. The minimum atomic E-state index is -1.20. The van der Waals surface area contributed by atoms with Crippen LogP contribution in [-0.2, 0) is 0 Å². The van der Waals surface area contributed by atoms with Gasteiger partial charge in [-0.25, -0.2) is 13.2 Å². The zero-order chi connectivity index (χ0) is 10.3. The summed E-state index contributed by atoms with van der Waals surface area (Å²) in [6.45, 7) is 0. The second-order valence-electron chi connectivity index (χ2n) is 2.92. The monoisotopic (exact) mass is 197 g/mol. The first-order chi connectivity index (χ1) is 6.61. The average molecular weight is 197 g/mol. The van der Waals surface area contributed by atoms with Crippen LogP contribution in [0, 0.1) is 17.5 Å². The molecule has 14 heavy (non-hydrogen) atoms. The number of anilines is 1. The second-order valence-corrected chi connectivity index (χ2v) is 2.92. The van der Waals surface area contributed by atoms with Gasteiger partial charge in [0.1, 0.15) is 5.82 Å². The molecule has 0 radical (unpaired) electrons. The molecule has 0 aliphatic carbocycles. The van der Waals surface area contributed by atoms with Crippen molar-refractivity contribution in [1.29, 1.82) is 0 Å². The maximum absolute atomic E-state index is 13.2. The van der Waals surface area contributed by atoms with Crippen LogP contribution in [0.1, 0.15) is 0 Å². The molecule has 4 heteroatoms. The highest BCUT2D eigenvalue weighted by molar-refractivity contribution is 5.93. The van der Waals surface area contributed by atoms with Crippen LogP contribution in [-0.4, -0.2) is 0 Å². The fourth-order valence-corrected chi connectivity index (χ4v) is 1.36. The Kier molecular flexibility index (Phi) is 1.84. The van der Waals surface area contributed by atoms with Crippen LogP contribution in [0.25, 0.3) is 10.8 Å². The SMILES string of the molecule is Nc1ccc(F)c2c(F)c(F)ccc12. The van der Waals surface area contributed by atoms with Crippen LogP contribution in [0.3, 0.4) is 0 Å². The molecule has 0 fully saturated rings. The van der Waals surface area contributed by atoms with E-state index in [-0.39, 0.29) is 11.1 Å². The molecule has 0 amide bonds. The fourth-order valence-electron chi connectivity index (χ4n) is 1.36. The third-order valence-electron chi connectivity index (χ3n) is 2.05. The summed E-state index contributed by atoms with van der Waals surface area (Å²) in [5.74, 6) is -3.10. The van der Waals surface area contributed by atoms with Crippen molar-refractivity contribution < 1.29 is 13.2 Å². The van der Waals surface area contributed by atoms with E-state index in [2.05, 4.69) is 0 Å². The number of hydrogen-bond donors (Lipinski definition) is 1. The highest BCUT2D eigenvalue weighted by Crippen LogP contribution is 2.27. The van der Waals surface area contributed by atoms with Crippen molar-refractivity contribution in [3.63, 3.8) is 0 Å². The van der Waals surface area contributed by atoms with Gasteiger partial charge in [0, 0.05) is 11.1 Å². The Morgan fingerprint density at radius 2 is 1.50 bits per heavy atom. The summed E-state index contributed by atoms with van der Waals surface area (Å²) < 4.78 is 39.1. The lowest BCUT2D eigenvalue weighted by atomic mass is 10.1. The van der Waals surface area contributed by atoms with Gasteiger partial charge in [-0.3, -0.25) is 0 Å². The number of nitrogens with two attached hydrogens (primary N) is 1. The zero-order valence-electron chi connectivity index (χ0n) is 7.02. The highest BCUT2D eigenvalue weighted by atomic mass is 19.2. The molecule has 0 unspecified atom stereocenters. The number of fused-ring (bicyclic) bond motifs is 1. The summed E-state index contributed by atoms with van der Waals surface area (Å²) in [6.07, 6.45) is 0. The number of halogens is 3. The van der Waals surface area contributed by atoms with E-state index in [4.69, 9.17) is 5.73 Å². The summed E-state index contributed by atoms with van der Waals surface area (Å²) in [5.41, 5.74) is 5.71. The molecule has 0 aliphatic rings. The molecule has 0 aliphatic heterocycles. The molecule has 2 aromatic carbocycles. The average Bonchev–Trinajstić information content (AvgIpc) is 2.16. The van der Waals surface area contributed by atoms with E-state index >= 15 is 0 Å². The van der Waals surface area contributed by atoms with Crippen LogP contribution < -0.4 is 5.73 Å². The van der Waals surface area contributed by atoms with E-state index in [9.17, 15) is 13.2 Å². The van der Waals surface area contributed by atoms with Gasteiger partial charge in [0.15, 0.2) is 11.6 Å². The van der Waals surface area contributed by atoms with E-state index in [1.54, 1.807) is 0 Å². The summed E-state index contributed by atoms with van der Waals surface area (Å²) in [6, 6.07) is 4.51. The maximum Gasteiger partial charge on any atom is 0.169 e. The first-order valence-electron chi connectivity index (χ1n) is 3.93. The van der Waals surface area contributed by atoms with Gasteiger partial charge in [-0.1, -0.05) is 0 Å². The molecule has 0 saturated heterocycles. The van der Waals surface area contributed by atoms with E-state index in [1.807, 2.05) is 0 Å². The Hall–Kier alpha value is -1.71. The predicted molar refractivity (Wildman–Crippen MR) is 48.2 cm³/mol. The largest absolute Gasteiger partial charge is 0.398 e. The van der Waals surface area contributed by atoms with E-state index in [1.165, 1.54) is 12.1 Å². The van der Waals surface area contributed by atoms with Crippen molar-refractivity contribution in [1.82, 2.24) is 0 Å². The summed E-state index contributed by atoms with van der Waals surface area (Å²) in [4.78, 5) is 0. The Balaban J connectivity index is 3.01. The Bertz CT molecular complexity index is 508. The van der Waals surface area contributed by atoms with Gasteiger partial charge in [0.05, 0.1) is 5.39 Å². The highest BCUT2D eigenvalue weighted by Gasteiger charge is 2.12. The topological polar surface area (TPSA) is 26.0 Å². The third kappa shape index (κ3) is 1.11.